The minimum atomic E-state index is -0.296. The van der Waals surface area contributed by atoms with Crippen LogP contribution in [0.1, 0.15) is 32.4 Å². The van der Waals surface area contributed by atoms with Gasteiger partial charge in [-0.2, -0.15) is 0 Å². The molecule has 0 amide bonds. The van der Waals surface area contributed by atoms with E-state index in [-0.39, 0.29) is 29.8 Å². The lowest BCUT2D eigenvalue weighted by Crippen LogP contribution is -2.49. The number of halogens is 2. The molecule has 0 atom stereocenters. The highest BCUT2D eigenvalue weighted by Gasteiger charge is 2.21. The zero-order valence-corrected chi connectivity index (χ0v) is 16.4. The number of nitrogens with zero attached hydrogens (tertiary/aromatic N) is 3. The summed E-state index contributed by atoms with van der Waals surface area (Å²) in [5.41, 5.74) is 0.403. The SMILES string of the molecule is CN=C(NCc1ncccc1F)NC1CCN(C(C)C)CC1.I. The quantitative estimate of drug-likeness (QED) is 0.433. The smallest absolute Gasteiger partial charge is 0.191 e. The zero-order valence-electron chi connectivity index (χ0n) is 14.1. The fourth-order valence-electron chi connectivity index (χ4n) is 2.66. The predicted octanol–water partition coefficient (Wildman–Crippen LogP) is 2.38. The van der Waals surface area contributed by atoms with E-state index in [0.29, 0.717) is 30.3 Å². The van der Waals surface area contributed by atoms with Crippen molar-refractivity contribution in [2.45, 2.75) is 45.3 Å². The molecular weight excluding hydrogens is 408 g/mol. The van der Waals surface area contributed by atoms with E-state index in [4.69, 9.17) is 0 Å². The third-order valence-corrected chi connectivity index (χ3v) is 4.08. The molecule has 2 rings (SSSR count). The summed E-state index contributed by atoms with van der Waals surface area (Å²) in [4.78, 5) is 10.7. The Balaban J connectivity index is 0.00000264. The lowest BCUT2D eigenvalue weighted by Gasteiger charge is -2.35. The molecule has 5 nitrogen and oxygen atoms in total. The largest absolute Gasteiger partial charge is 0.354 e. The maximum absolute atomic E-state index is 13.6. The Kier molecular flexibility index (Phi) is 8.75. The summed E-state index contributed by atoms with van der Waals surface area (Å²) in [7, 11) is 1.73. The van der Waals surface area contributed by atoms with E-state index in [1.807, 2.05) is 0 Å². The molecule has 1 fully saturated rings. The van der Waals surface area contributed by atoms with Crippen LogP contribution >= 0.6 is 24.0 Å². The number of aliphatic imine (C=N–C) groups is 1. The van der Waals surface area contributed by atoms with Crippen molar-refractivity contribution >= 4 is 29.9 Å². The van der Waals surface area contributed by atoms with Gasteiger partial charge in [0, 0.05) is 38.4 Å². The summed E-state index contributed by atoms with van der Waals surface area (Å²) in [6, 6.07) is 4.02. The van der Waals surface area contributed by atoms with Crippen molar-refractivity contribution in [2.24, 2.45) is 4.99 Å². The van der Waals surface area contributed by atoms with Gasteiger partial charge in [-0.3, -0.25) is 9.98 Å². The number of piperidine rings is 1. The number of nitrogens with one attached hydrogen (secondary N) is 2. The number of guanidine groups is 1. The minimum Gasteiger partial charge on any atom is -0.354 e. The monoisotopic (exact) mass is 435 g/mol. The number of hydrogen-bond acceptors (Lipinski definition) is 3. The van der Waals surface area contributed by atoms with Crippen molar-refractivity contribution in [1.29, 1.82) is 0 Å². The lowest BCUT2D eigenvalue weighted by molar-refractivity contribution is 0.167. The van der Waals surface area contributed by atoms with Crippen molar-refractivity contribution < 1.29 is 4.39 Å². The number of rotatable bonds is 4. The second-order valence-electron chi connectivity index (χ2n) is 5.91. The van der Waals surface area contributed by atoms with Crippen LogP contribution in [0.25, 0.3) is 0 Å². The maximum atomic E-state index is 13.6. The topological polar surface area (TPSA) is 52.6 Å². The van der Waals surface area contributed by atoms with Gasteiger partial charge in [-0.15, -0.1) is 24.0 Å². The molecule has 1 aliphatic heterocycles. The van der Waals surface area contributed by atoms with Crippen molar-refractivity contribution in [3.8, 4) is 0 Å². The summed E-state index contributed by atoms with van der Waals surface area (Å²) in [6.07, 6.45) is 3.78. The summed E-state index contributed by atoms with van der Waals surface area (Å²) in [5, 5.41) is 6.55. The minimum absolute atomic E-state index is 0. The molecule has 130 valence electrons. The van der Waals surface area contributed by atoms with Gasteiger partial charge in [0.05, 0.1) is 12.2 Å². The number of likely N-dealkylation sites (tertiary alicyclic amines) is 1. The molecule has 0 spiro atoms. The van der Waals surface area contributed by atoms with Gasteiger partial charge in [-0.1, -0.05) is 0 Å². The lowest BCUT2D eigenvalue weighted by atomic mass is 10.0. The molecule has 1 aromatic rings. The van der Waals surface area contributed by atoms with Gasteiger partial charge >= 0.3 is 0 Å². The van der Waals surface area contributed by atoms with Crippen molar-refractivity contribution in [2.75, 3.05) is 20.1 Å². The molecule has 0 aromatic carbocycles. The summed E-state index contributed by atoms with van der Waals surface area (Å²) < 4.78 is 13.6. The first-order chi connectivity index (χ1) is 10.6. The average Bonchev–Trinajstić information content (AvgIpc) is 2.53. The first-order valence-corrected chi connectivity index (χ1v) is 7.90. The van der Waals surface area contributed by atoms with Gasteiger partial charge in [0.15, 0.2) is 5.96 Å². The summed E-state index contributed by atoms with van der Waals surface area (Å²) in [5.74, 6) is 0.406. The molecule has 0 radical (unpaired) electrons. The van der Waals surface area contributed by atoms with E-state index in [1.54, 1.807) is 19.3 Å². The molecule has 23 heavy (non-hydrogen) atoms. The van der Waals surface area contributed by atoms with Gasteiger partial charge in [0.25, 0.3) is 0 Å². The Hall–Kier alpha value is -0.960. The molecular formula is C16H27FIN5. The fourth-order valence-corrected chi connectivity index (χ4v) is 2.66. The molecule has 0 saturated carbocycles. The molecule has 0 aliphatic carbocycles. The molecule has 7 heteroatoms. The van der Waals surface area contributed by atoms with E-state index >= 15 is 0 Å². The van der Waals surface area contributed by atoms with Gasteiger partial charge in [-0.05, 0) is 38.8 Å². The fraction of sp³-hybridized carbons (Fsp3) is 0.625. The van der Waals surface area contributed by atoms with Crippen LogP contribution in [-0.2, 0) is 6.54 Å². The first kappa shape index (κ1) is 20.1. The van der Waals surface area contributed by atoms with Crippen LogP contribution in [-0.4, -0.2) is 48.1 Å². The highest BCUT2D eigenvalue weighted by molar-refractivity contribution is 14.0. The molecule has 0 bridgehead atoms. The molecule has 1 saturated heterocycles. The van der Waals surface area contributed by atoms with Gasteiger partial charge in [-0.25, -0.2) is 4.39 Å². The Labute approximate surface area is 155 Å². The van der Waals surface area contributed by atoms with Crippen LogP contribution in [0.5, 0.6) is 0 Å². The van der Waals surface area contributed by atoms with Crippen molar-refractivity contribution in [3.05, 3.63) is 29.8 Å². The first-order valence-electron chi connectivity index (χ1n) is 7.90. The van der Waals surface area contributed by atoms with Crippen LogP contribution < -0.4 is 10.6 Å². The van der Waals surface area contributed by atoms with E-state index in [1.165, 1.54) is 6.07 Å². The third kappa shape index (κ3) is 6.21. The van der Waals surface area contributed by atoms with E-state index in [2.05, 4.69) is 39.4 Å². The summed E-state index contributed by atoms with van der Waals surface area (Å²) >= 11 is 0. The number of aromatic nitrogens is 1. The highest BCUT2D eigenvalue weighted by atomic mass is 127. The molecule has 1 aromatic heterocycles. The van der Waals surface area contributed by atoms with Crippen LogP contribution in [0.4, 0.5) is 4.39 Å². The Bertz CT molecular complexity index is 501. The van der Waals surface area contributed by atoms with Crippen molar-refractivity contribution in [3.63, 3.8) is 0 Å². The van der Waals surface area contributed by atoms with E-state index < -0.39 is 0 Å². The Morgan fingerprint density at radius 2 is 2.13 bits per heavy atom. The second kappa shape index (κ2) is 10.0. The predicted molar refractivity (Wildman–Crippen MR) is 103 cm³/mol. The van der Waals surface area contributed by atoms with Crippen LogP contribution in [0.15, 0.2) is 23.3 Å². The Morgan fingerprint density at radius 3 is 2.70 bits per heavy atom. The second-order valence-corrected chi connectivity index (χ2v) is 5.91. The van der Waals surface area contributed by atoms with Crippen LogP contribution in [0, 0.1) is 5.82 Å². The summed E-state index contributed by atoms with van der Waals surface area (Å²) in [6.45, 7) is 6.99. The van der Waals surface area contributed by atoms with Gasteiger partial charge < -0.3 is 15.5 Å². The highest BCUT2D eigenvalue weighted by Crippen LogP contribution is 2.12. The third-order valence-electron chi connectivity index (χ3n) is 4.08. The molecule has 1 aliphatic rings. The van der Waals surface area contributed by atoms with Crippen LogP contribution in [0.2, 0.25) is 0 Å². The number of hydrogen-bond donors (Lipinski definition) is 2. The molecule has 0 unspecified atom stereocenters. The van der Waals surface area contributed by atoms with Gasteiger partial charge in [0.1, 0.15) is 5.82 Å². The van der Waals surface area contributed by atoms with Crippen molar-refractivity contribution in [1.82, 2.24) is 20.5 Å². The van der Waals surface area contributed by atoms with Gasteiger partial charge in [0.2, 0.25) is 0 Å². The number of pyridine rings is 1. The normalized spacial score (nSPS) is 17.0. The van der Waals surface area contributed by atoms with E-state index in [9.17, 15) is 4.39 Å². The standard InChI is InChI=1S/C16H26FN5.HI/c1-12(2)22-9-6-13(7-10-22)21-16(18-3)20-11-15-14(17)5-4-8-19-15;/h4-5,8,12-13H,6-7,9-11H2,1-3H3,(H2,18,20,21);1H. The van der Waals surface area contributed by atoms with Crippen LogP contribution in [0.3, 0.4) is 0 Å². The molecule has 2 heterocycles. The average molecular weight is 435 g/mol. The zero-order chi connectivity index (χ0) is 15.9. The Morgan fingerprint density at radius 1 is 1.43 bits per heavy atom. The maximum Gasteiger partial charge on any atom is 0.191 e. The van der Waals surface area contributed by atoms with E-state index in [0.717, 1.165) is 25.9 Å². The molecule has 2 N–H and O–H groups in total.